The normalized spacial score (nSPS) is 13.6. The van der Waals surface area contributed by atoms with Crippen molar-refractivity contribution in [3.8, 4) is 0 Å². The first-order valence-electron chi connectivity index (χ1n) is 6.01. The molecule has 0 aromatic carbocycles. The molecule has 1 atom stereocenters. The molecule has 0 aliphatic rings. The molecule has 13 heavy (non-hydrogen) atoms. The molecule has 1 nitrogen and oxygen atoms in total. The van der Waals surface area contributed by atoms with Gasteiger partial charge in [0.2, 0.25) is 0 Å². The molecule has 0 saturated carbocycles. The Morgan fingerprint density at radius 2 is 1.46 bits per heavy atom. The maximum atomic E-state index is 3.54. The standard InChI is InChI=1S/C12H27N/c1-5-11(6-2)9-10-12(7-3)13-8-4/h11-13H,5-10H2,1-4H3. The molecule has 0 heterocycles. The van der Waals surface area contributed by atoms with E-state index in [2.05, 4.69) is 33.0 Å². The Balaban J connectivity index is 3.56. The van der Waals surface area contributed by atoms with E-state index >= 15 is 0 Å². The molecule has 0 fully saturated rings. The zero-order valence-corrected chi connectivity index (χ0v) is 9.90. The lowest BCUT2D eigenvalue weighted by Gasteiger charge is -2.19. The Kier molecular flexibility index (Phi) is 8.53. The van der Waals surface area contributed by atoms with Gasteiger partial charge in [-0.2, -0.15) is 0 Å². The maximum absolute atomic E-state index is 3.54. The van der Waals surface area contributed by atoms with Crippen molar-refractivity contribution in [2.75, 3.05) is 6.54 Å². The van der Waals surface area contributed by atoms with Crippen molar-refractivity contribution in [1.29, 1.82) is 0 Å². The van der Waals surface area contributed by atoms with Crippen LogP contribution in [-0.2, 0) is 0 Å². The van der Waals surface area contributed by atoms with Crippen LogP contribution in [0.15, 0.2) is 0 Å². The third kappa shape index (κ3) is 6.09. The molecule has 0 bridgehead atoms. The van der Waals surface area contributed by atoms with Crippen LogP contribution in [-0.4, -0.2) is 12.6 Å². The monoisotopic (exact) mass is 185 g/mol. The Hall–Kier alpha value is -0.0400. The number of hydrogen-bond acceptors (Lipinski definition) is 1. The molecule has 1 heteroatoms. The van der Waals surface area contributed by atoms with Crippen LogP contribution in [0.2, 0.25) is 0 Å². The summed E-state index contributed by atoms with van der Waals surface area (Å²) in [7, 11) is 0. The van der Waals surface area contributed by atoms with Crippen LogP contribution in [0.4, 0.5) is 0 Å². The van der Waals surface area contributed by atoms with E-state index in [1.54, 1.807) is 0 Å². The molecule has 80 valence electrons. The topological polar surface area (TPSA) is 12.0 Å². The second-order valence-electron chi connectivity index (χ2n) is 3.92. The molecule has 0 aliphatic carbocycles. The van der Waals surface area contributed by atoms with Crippen LogP contribution in [0.5, 0.6) is 0 Å². The largest absolute Gasteiger partial charge is 0.314 e. The van der Waals surface area contributed by atoms with Gasteiger partial charge in [-0.3, -0.25) is 0 Å². The van der Waals surface area contributed by atoms with E-state index in [0.29, 0.717) is 0 Å². The molecule has 0 aromatic heterocycles. The summed E-state index contributed by atoms with van der Waals surface area (Å²) in [6, 6.07) is 0.755. The van der Waals surface area contributed by atoms with E-state index in [9.17, 15) is 0 Å². The number of nitrogens with one attached hydrogen (secondary N) is 1. The molecule has 0 radical (unpaired) electrons. The Morgan fingerprint density at radius 1 is 0.846 bits per heavy atom. The minimum atomic E-state index is 0.755. The predicted octanol–water partition coefficient (Wildman–Crippen LogP) is 3.59. The fourth-order valence-electron chi connectivity index (χ4n) is 1.87. The van der Waals surface area contributed by atoms with Gasteiger partial charge < -0.3 is 5.32 Å². The molecule has 0 saturated heterocycles. The molecule has 0 aromatic rings. The predicted molar refractivity (Wildman–Crippen MR) is 61.1 cm³/mol. The van der Waals surface area contributed by atoms with Gasteiger partial charge in [0.1, 0.15) is 0 Å². The molecule has 0 spiro atoms. The second-order valence-corrected chi connectivity index (χ2v) is 3.92. The molecular formula is C12H27N. The smallest absolute Gasteiger partial charge is 0.00644 e. The highest BCUT2D eigenvalue weighted by molar-refractivity contribution is 4.66. The van der Waals surface area contributed by atoms with Crippen molar-refractivity contribution < 1.29 is 0 Å². The molecule has 1 N–H and O–H groups in total. The molecular weight excluding hydrogens is 158 g/mol. The average molecular weight is 185 g/mol. The fraction of sp³-hybridized carbons (Fsp3) is 1.00. The van der Waals surface area contributed by atoms with Crippen LogP contribution in [0.3, 0.4) is 0 Å². The highest BCUT2D eigenvalue weighted by atomic mass is 14.9. The van der Waals surface area contributed by atoms with Gasteiger partial charge in [0.15, 0.2) is 0 Å². The zero-order chi connectivity index (χ0) is 10.1. The summed E-state index contributed by atoms with van der Waals surface area (Å²) in [6.07, 6.45) is 6.72. The lowest BCUT2D eigenvalue weighted by molar-refractivity contribution is 0.382. The first kappa shape index (κ1) is 13.0. The Labute approximate surface area is 84.3 Å². The van der Waals surface area contributed by atoms with Gasteiger partial charge in [-0.25, -0.2) is 0 Å². The third-order valence-electron chi connectivity index (χ3n) is 3.06. The summed E-state index contributed by atoms with van der Waals surface area (Å²) in [5.41, 5.74) is 0. The second kappa shape index (κ2) is 8.55. The highest BCUT2D eigenvalue weighted by Crippen LogP contribution is 2.16. The Bertz CT molecular complexity index is 97.3. The summed E-state index contributed by atoms with van der Waals surface area (Å²) < 4.78 is 0. The van der Waals surface area contributed by atoms with Crippen molar-refractivity contribution >= 4 is 0 Å². The summed E-state index contributed by atoms with van der Waals surface area (Å²) in [5.74, 6) is 0.952. The van der Waals surface area contributed by atoms with Gasteiger partial charge in [0.05, 0.1) is 0 Å². The van der Waals surface area contributed by atoms with Crippen molar-refractivity contribution in [3.63, 3.8) is 0 Å². The third-order valence-corrected chi connectivity index (χ3v) is 3.06. The van der Waals surface area contributed by atoms with Gasteiger partial charge in [-0.05, 0) is 31.7 Å². The highest BCUT2D eigenvalue weighted by Gasteiger charge is 2.08. The van der Waals surface area contributed by atoms with Gasteiger partial charge in [-0.15, -0.1) is 0 Å². The lowest BCUT2D eigenvalue weighted by atomic mass is 9.94. The van der Waals surface area contributed by atoms with E-state index in [0.717, 1.165) is 18.5 Å². The van der Waals surface area contributed by atoms with Crippen LogP contribution in [0, 0.1) is 5.92 Å². The first-order valence-corrected chi connectivity index (χ1v) is 6.01. The zero-order valence-electron chi connectivity index (χ0n) is 9.90. The van der Waals surface area contributed by atoms with E-state index in [4.69, 9.17) is 0 Å². The maximum Gasteiger partial charge on any atom is 0.00644 e. The summed E-state index contributed by atoms with van der Waals surface area (Å²) in [5, 5.41) is 3.54. The SMILES string of the molecule is CCNC(CC)CCC(CC)CC. The lowest BCUT2D eigenvalue weighted by Crippen LogP contribution is -2.28. The van der Waals surface area contributed by atoms with Crippen molar-refractivity contribution in [2.45, 2.75) is 65.8 Å². The van der Waals surface area contributed by atoms with Crippen LogP contribution in [0.1, 0.15) is 59.8 Å². The van der Waals surface area contributed by atoms with E-state index in [-0.39, 0.29) is 0 Å². The molecule has 1 unspecified atom stereocenters. The van der Waals surface area contributed by atoms with Crippen LogP contribution in [0.25, 0.3) is 0 Å². The molecule has 0 aliphatic heterocycles. The summed E-state index contributed by atoms with van der Waals surface area (Å²) >= 11 is 0. The summed E-state index contributed by atoms with van der Waals surface area (Å²) in [4.78, 5) is 0. The van der Waals surface area contributed by atoms with E-state index in [1.807, 2.05) is 0 Å². The Morgan fingerprint density at radius 3 is 1.85 bits per heavy atom. The molecule has 0 rings (SSSR count). The van der Waals surface area contributed by atoms with Crippen molar-refractivity contribution in [3.05, 3.63) is 0 Å². The minimum absolute atomic E-state index is 0.755. The van der Waals surface area contributed by atoms with Gasteiger partial charge in [-0.1, -0.05) is 40.5 Å². The average Bonchev–Trinajstić information content (AvgIpc) is 2.17. The van der Waals surface area contributed by atoms with E-state index < -0.39 is 0 Å². The number of hydrogen-bond donors (Lipinski definition) is 1. The first-order chi connectivity index (χ1) is 6.28. The summed E-state index contributed by atoms with van der Waals surface area (Å²) in [6.45, 7) is 10.2. The van der Waals surface area contributed by atoms with E-state index in [1.165, 1.54) is 32.1 Å². The van der Waals surface area contributed by atoms with Gasteiger partial charge in [0.25, 0.3) is 0 Å². The van der Waals surface area contributed by atoms with Gasteiger partial charge >= 0.3 is 0 Å². The fourth-order valence-corrected chi connectivity index (χ4v) is 1.87. The van der Waals surface area contributed by atoms with Crippen LogP contribution < -0.4 is 5.32 Å². The number of rotatable bonds is 8. The minimum Gasteiger partial charge on any atom is -0.314 e. The van der Waals surface area contributed by atoms with Crippen molar-refractivity contribution in [1.82, 2.24) is 5.32 Å². The van der Waals surface area contributed by atoms with Crippen LogP contribution >= 0.6 is 0 Å². The van der Waals surface area contributed by atoms with Gasteiger partial charge in [0, 0.05) is 6.04 Å². The quantitative estimate of drug-likeness (QED) is 0.609. The van der Waals surface area contributed by atoms with Crippen molar-refractivity contribution in [2.24, 2.45) is 5.92 Å². The molecule has 0 amide bonds.